The summed E-state index contributed by atoms with van der Waals surface area (Å²) in [6, 6.07) is 8.34. The van der Waals surface area contributed by atoms with Gasteiger partial charge in [0.05, 0.1) is 23.3 Å². The summed E-state index contributed by atoms with van der Waals surface area (Å²) in [6.07, 6.45) is 0. The van der Waals surface area contributed by atoms with Crippen LogP contribution in [0.4, 0.5) is 5.69 Å². The van der Waals surface area contributed by atoms with Gasteiger partial charge in [-0.25, -0.2) is 4.98 Å². The first-order valence-corrected chi connectivity index (χ1v) is 7.11. The Kier molecular flexibility index (Phi) is 2.98. The van der Waals surface area contributed by atoms with E-state index in [2.05, 4.69) is 39.3 Å². The zero-order valence-corrected chi connectivity index (χ0v) is 11.8. The van der Waals surface area contributed by atoms with Crippen molar-refractivity contribution < 1.29 is 0 Å². The van der Waals surface area contributed by atoms with E-state index in [4.69, 9.17) is 5.73 Å². The van der Waals surface area contributed by atoms with Gasteiger partial charge in [0.25, 0.3) is 0 Å². The van der Waals surface area contributed by atoms with Crippen LogP contribution in [0.5, 0.6) is 0 Å². The Hall–Kier alpha value is -1.88. The number of para-hydroxylation sites is 1. The van der Waals surface area contributed by atoms with E-state index in [1.807, 2.05) is 19.1 Å². The first kappa shape index (κ1) is 12.2. The van der Waals surface area contributed by atoms with E-state index >= 15 is 0 Å². The van der Waals surface area contributed by atoms with E-state index in [1.165, 1.54) is 5.56 Å². The molecule has 2 N–H and O–H groups in total. The second-order valence-electron chi connectivity index (χ2n) is 4.66. The van der Waals surface area contributed by atoms with Crippen LogP contribution in [0, 0.1) is 13.8 Å². The number of aryl methyl sites for hydroxylation is 2. The summed E-state index contributed by atoms with van der Waals surface area (Å²) in [7, 11) is 0. The molecular weight excluding hydrogens is 256 g/mol. The maximum atomic E-state index is 6.07. The Morgan fingerprint density at radius 2 is 2.11 bits per heavy atom. The van der Waals surface area contributed by atoms with Crippen LogP contribution in [-0.2, 0) is 0 Å². The lowest BCUT2D eigenvalue weighted by molar-refractivity contribution is 0.742. The van der Waals surface area contributed by atoms with Gasteiger partial charge in [-0.2, -0.15) is 0 Å². The number of thiazole rings is 1. The van der Waals surface area contributed by atoms with Crippen LogP contribution in [0.25, 0.3) is 0 Å². The summed E-state index contributed by atoms with van der Waals surface area (Å²) in [4.78, 5) is 11.1. The summed E-state index contributed by atoms with van der Waals surface area (Å²) in [6.45, 7) is 4.78. The van der Waals surface area contributed by atoms with Crippen LogP contribution < -0.4 is 10.6 Å². The first-order valence-electron chi connectivity index (χ1n) is 6.23. The highest BCUT2D eigenvalue weighted by Gasteiger charge is 2.31. The topological polar surface area (TPSA) is 54.5 Å². The van der Waals surface area contributed by atoms with Gasteiger partial charge in [-0.3, -0.25) is 4.99 Å². The molecule has 0 amide bonds. The van der Waals surface area contributed by atoms with Crippen LogP contribution in [0.2, 0.25) is 0 Å². The molecule has 1 aromatic heterocycles. The standard InChI is InChI=1S/C14H16N4S/c1-9-5-3-4-6-12(9)18-13(7-16-14(18)15)11-8-19-10(2)17-11/h3-6,8,13H,7H2,1-2H3,(H2,15,16). The maximum absolute atomic E-state index is 6.07. The number of nitrogens with zero attached hydrogens (tertiary/aromatic N) is 3. The van der Waals surface area contributed by atoms with Crippen molar-refractivity contribution in [1.29, 1.82) is 0 Å². The molecule has 19 heavy (non-hydrogen) atoms. The highest BCUT2D eigenvalue weighted by Crippen LogP contribution is 2.33. The fraction of sp³-hybridized carbons (Fsp3) is 0.286. The van der Waals surface area contributed by atoms with Crippen molar-refractivity contribution in [2.45, 2.75) is 19.9 Å². The number of aromatic nitrogens is 1. The molecule has 0 aliphatic carbocycles. The molecule has 1 atom stereocenters. The molecule has 5 heteroatoms. The van der Waals surface area contributed by atoms with Gasteiger partial charge < -0.3 is 10.6 Å². The van der Waals surface area contributed by atoms with Crippen LogP contribution in [0.3, 0.4) is 0 Å². The van der Waals surface area contributed by atoms with Crippen molar-refractivity contribution in [3.05, 3.63) is 45.9 Å². The molecule has 0 bridgehead atoms. The average Bonchev–Trinajstić information content (AvgIpc) is 2.96. The van der Waals surface area contributed by atoms with Gasteiger partial charge in [0.2, 0.25) is 0 Å². The fourth-order valence-electron chi connectivity index (χ4n) is 2.38. The van der Waals surface area contributed by atoms with Crippen molar-refractivity contribution in [3.63, 3.8) is 0 Å². The Bertz CT molecular complexity index is 632. The van der Waals surface area contributed by atoms with Gasteiger partial charge in [-0.15, -0.1) is 11.3 Å². The molecular formula is C14H16N4S. The molecule has 0 saturated heterocycles. The Morgan fingerprint density at radius 3 is 2.79 bits per heavy atom. The van der Waals surface area contributed by atoms with Crippen LogP contribution in [0.15, 0.2) is 34.6 Å². The minimum Gasteiger partial charge on any atom is -0.369 e. The lowest BCUT2D eigenvalue weighted by Crippen LogP contribution is -2.36. The van der Waals surface area contributed by atoms with E-state index in [0.29, 0.717) is 12.5 Å². The molecule has 2 aromatic rings. The van der Waals surface area contributed by atoms with Gasteiger partial charge in [0, 0.05) is 11.1 Å². The molecule has 2 heterocycles. The van der Waals surface area contributed by atoms with Crippen molar-refractivity contribution >= 4 is 23.0 Å². The van der Waals surface area contributed by atoms with Crippen LogP contribution in [-0.4, -0.2) is 17.5 Å². The summed E-state index contributed by atoms with van der Waals surface area (Å²) < 4.78 is 0. The number of hydrogen-bond donors (Lipinski definition) is 1. The third-order valence-electron chi connectivity index (χ3n) is 3.34. The smallest absolute Gasteiger partial charge is 0.196 e. The number of hydrogen-bond acceptors (Lipinski definition) is 5. The first-order chi connectivity index (χ1) is 9.16. The van der Waals surface area contributed by atoms with E-state index in [9.17, 15) is 0 Å². The minimum absolute atomic E-state index is 0.117. The third-order valence-corrected chi connectivity index (χ3v) is 4.13. The Morgan fingerprint density at radius 1 is 1.32 bits per heavy atom. The normalized spacial score (nSPS) is 18.7. The van der Waals surface area contributed by atoms with E-state index < -0.39 is 0 Å². The number of benzene rings is 1. The lowest BCUT2D eigenvalue weighted by atomic mass is 10.1. The summed E-state index contributed by atoms with van der Waals surface area (Å²) in [5.74, 6) is 0.574. The molecule has 4 nitrogen and oxygen atoms in total. The zero-order valence-electron chi connectivity index (χ0n) is 11.0. The molecule has 3 rings (SSSR count). The highest BCUT2D eigenvalue weighted by atomic mass is 32.1. The molecule has 1 aromatic carbocycles. The fourth-order valence-corrected chi connectivity index (χ4v) is 3.04. The second-order valence-corrected chi connectivity index (χ2v) is 5.72. The van der Waals surface area contributed by atoms with Crippen LogP contribution in [0.1, 0.15) is 22.3 Å². The van der Waals surface area contributed by atoms with Crippen molar-refractivity contribution in [2.75, 3.05) is 11.4 Å². The van der Waals surface area contributed by atoms with E-state index in [1.54, 1.807) is 11.3 Å². The van der Waals surface area contributed by atoms with Gasteiger partial charge in [0.1, 0.15) is 0 Å². The largest absolute Gasteiger partial charge is 0.369 e. The molecule has 1 unspecified atom stereocenters. The van der Waals surface area contributed by atoms with Crippen molar-refractivity contribution in [3.8, 4) is 0 Å². The third kappa shape index (κ3) is 2.10. The molecule has 1 aliphatic rings. The summed E-state index contributed by atoms with van der Waals surface area (Å²) in [5, 5.41) is 3.17. The predicted octanol–water partition coefficient (Wildman–Crippen LogP) is 2.64. The lowest BCUT2D eigenvalue weighted by Gasteiger charge is -2.26. The predicted molar refractivity (Wildman–Crippen MR) is 79.7 cm³/mol. The number of nitrogens with two attached hydrogens (primary N) is 1. The SMILES string of the molecule is Cc1nc(C2CN=C(N)N2c2ccccc2C)cs1. The minimum atomic E-state index is 0.117. The summed E-state index contributed by atoms with van der Waals surface area (Å²) >= 11 is 1.66. The highest BCUT2D eigenvalue weighted by molar-refractivity contribution is 7.09. The van der Waals surface area contributed by atoms with Crippen molar-refractivity contribution in [2.24, 2.45) is 10.7 Å². The van der Waals surface area contributed by atoms with Gasteiger partial charge in [-0.1, -0.05) is 18.2 Å². The molecule has 0 spiro atoms. The van der Waals surface area contributed by atoms with Gasteiger partial charge >= 0.3 is 0 Å². The van der Waals surface area contributed by atoms with Crippen molar-refractivity contribution in [1.82, 2.24) is 4.98 Å². The summed E-state index contributed by atoms with van der Waals surface area (Å²) in [5.41, 5.74) is 9.42. The number of guanidine groups is 1. The Balaban J connectivity index is 2.02. The average molecular weight is 272 g/mol. The number of aliphatic imine (C=N–C) groups is 1. The molecule has 0 radical (unpaired) electrons. The van der Waals surface area contributed by atoms with E-state index in [-0.39, 0.29) is 6.04 Å². The van der Waals surface area contributed by atoms with Gasteiger partial charge in [0.15, 0.2) is 5.96 Å². The quantitative estimate of drug-likeness (QED) is 0.914. The van der Waals surface area contributed by atoms with Crippen LogP contribution >= 0.6 is 11.3 Å². The van der Waals surface area contributed by atoms with Gasteiger partial charge in [-0.05, 0) is 25.5 Å². The molecule has 98 valence electrons. The monoisotopic (exact) mass is 272 g/mol. The molecule has 0 fully saturated rings. The number of rotatable bonds is 2. The Labute approximate surface area is 116 Å². The maximum Gasteiger partial charge on any atom is 0.196 e. The van der Waals surface area contributed by atoms with E-state index in [0.717, 1.165) is 16.4 Å². The number of anilines is 1. The molecule has 0 saturated carbocycles. The molecule has 1 aliphatic heterocycles. The zero-order chi connectivity index (χ0) is 13.4. The second kappa shape index (κ2) is 4.66.